The van der Waals surface area contributed by atoms with Crippen LogP contribution >= 0.6 is 11.3 Å². The van der Waals surface area contributed by atoms with Crippen molar-refractivity contribution in [1.29, 1.82) is 5.26 Å². The van der Waals surface area contributed by atoms with Gasteiger partial charge in [0, 0.05) is 13.5 Å². The van der Waals surface area contributed by atoms with Crippen LogP contribution in [0.5, 0.6) is 0 Å². The van der Waals surface area contributed by atoms with E-state index >= 15 is 0 Å². The molecule has 2 aromatic heterocycles. The Kier molecular flexibility index (Phi) is 4.35. The number of rotatable bonds is 5. The van der Waals surface area contributed by atoms with Gasteiger partial charge in [0.15, 0.2) is 0 Å². The van der Waals surface area contributed by atoms with Gasteiger partial charge in [-0.1, -0.05) is 0 Å². The fraction of sp³-hybridized carbons (Fsp3) is 0.385. The minimum Gasteiger partial charge on any atom is -0.384 e. The molecule has 0 aliphatic carbocycles. The molecule has 8 heteroatoms. The van der Waals surface area contributed by atoms with E-state index in [-0.39, 0.29) is 12.1 Å². The average molecular weight is 306 g/mol. The van der Waals surface area contributed by atoms with Crippen LogP contribution in [0.25, 0.3) is 10.2 Å². The number of nitriles is 1. The summed E-state index contributed by atoms with van der Waals surface area (Å²) < 4.78 is 6.30. The molecule has 0 spiro atoms. The van der Waals surface area contributed by atoms with Crippen LogP contribution in [-0.4, -0.2) is 29.2 Å². The second-order valence-electron chi connectivity index (χ2n) is 4.42. The van der Waals surface area contributed by atoms with E-state index in [0.29, 0.717) is 39.5 Å². The first-order valence-corrected chi connectivity index (χ1v) is 7.01. The summed E-state index contributed by atoms with van der Waals surface area (Å²) in [7, 11) is 1.55. The van der Waals surface area contributed by atoms with E-state index in [9.17, 15) is 9.59 Å². The lowest BCUT2D eigenvalue weighted by Crippen LogP contribution is -2.25. The summed E-state index contributed by atoms with van der Waals surface area (Å²) in [6, 6.07) is 1.95. The number of nitrogens with two attached hydrogens (primary N) is 1. The van der Waals surface area contributed by atoms with Crippen LogP contribution in [-0.2, 0) is 17.7 Å². The van der Waals surface area contributed by atoms with Crippen molar-refractivity contribution in [2.45, 2.75) is 19.9 Å². The lowest BCUT2D eigenvalue weighted by molar-refractivity contribution is 0.100. The molecule has 2 heterocycles. The highest BCUT2D eigenvalue weighted by molar-refractivity contribution is 7.20. The van der Waals surface area contributed by atoms with Crippen molar-refractivity contribution in [2.24, 2.45) is 5.73 Å². The van der Waals surface area contributed by atoms with Gasteiger partial charge in [0.25, 0.3) is 11.5 Å². The molecule has 0 unspecified atom stereocenters. The molecule has 0 aromatic carbocycles. The minimum atomic E-state index is -0.583. The molecule has 0 radical (unpaired) electrons. The minimum absolute atomic E-state index is 0.0952. The highest BCUT2D eigenvalue weighted by atomic mass is 32.1. The van der Waals surface area contributed by atoms with Crippen LogP contribution in [0.3, 0.4) is 0 Å². The van der Waals surface area contributed by atoms with E-state index in [2.05, 4.69) is 4.98 Å². The summed E-state index contributed by atoms with van der Waals surface area (Å²) >= 11 is 1.10. The molecule has 2 N–H and O–H groups in total. The molecule has 0 fully saturated rings. The molecule has 0 bridgehead atoms. The third-order valence-electron chi connectivity index (χ3n) is 3.11. The molecule has 0 saturated carbocycles. The number of carbonyl (C=O) groups excluding carboxylic acids is 1. The second kappa shape index (κ2) is 6.03. The Labute approximate surface area is 124 Å². The van der Waals surface area contributed by atoms with Gasteiger partial charge in [-0.25, -0.2) is 4.98 Å². The normalized spacial score (nSPS) is 10.7. The molecule has 0 atom stereocenters. The molecule has 7 nitrogen and oxygen atoms in total. The van der Waals surface area contributed by atoms with Crippen molar-refractivity contribution in [3.05, 3.63) is 26.6 Å². The van der Waals surface area contributed by atoms with Gasteiger partial charge in [-0.2, -0.15) is 5.26 Å². The van der Waals surface area contributed by atoms with Crippen molar-refractivity contribution < 1.29 is 9.53 Å². The van der Waals surface area contributed by atoms with Crippen molar-refractivity contribution in [3.8, 4) is 6.07 Å². The van der Waals surface area contributed by atoms with E-state index in [4.69, 9.17) is 15.7 Å². The zero-order valence-corrected chi connectivity index (χ0v) is 12.5. The Balaban J connectivity index is 2.75. The molecule has 0 saturated heterocycles. The van der Waals surface area contributed by atoms with Gasteiger partial charge in [-0.15, -0.1) is 11.3 Å². The van der Waals surface area contributed by atoms with Crippen LogP contribution in [0.2, 0.25) is 0 Å². The van der Waals surface area contributed by atoms with Gasteiger partial charge in [-0.05, 0) is 12.5 Å². The van der Waals surface area contributed by atoms with Crippen LogP contribution < -0.4 is 11.3 Å². The molecule has 2 aromatic rings. The van der Waals surface area contributed by atoms with Crippen molar-refractivity contribution in [2.75, 3.05) is 13.7 Å². The summed E-state index contributed by atoms with van der Waals surface area (Å²) in [6.45, 7) is 1.95. The van der Waals surface area contributed by atoms with Crippen LogP contribution in [0, 0.1) is 18.3 Å². The Morgan fingerprint density at radius 1 is 1.57 bits per heavy atom. The number of primary amides is 1. The van der Waals surface area contributed by atoms with E-state index in [1.54, 1.807) is 14.0 Å². The number of nitrogens with zero attached hydrogens (tertiary/aromatic N) is 3. The Hall–Kier alpha value is -2.24. The zero-order valence-electron chi connectivity index (χ0n) is 11.7. The summed E-state index contributed by atoms with van der Waals surface area (Å²) in [5, 5.41) is 9.24. The number of aryl methyl sites for hydroxylation is 1. The highest BCUT2D eigenvalue weighted by Crippen LogP contribution is 2.26. The quantitative estimate of drug-likeness (QED) is 0.868. The molecular weight excluding hydrogens is 292 g/mol. The first-order chi connectivity index (χ1) is 10.0. The second-order valence-corrected chi connectivity index (χ2v) is 5.42. The van der Waals surface area contributed by atoms with Crippen molar-refractivity contribution >= 4 is 27.5 Å². The Morgan fingerprint density at radius 2 is 2.29 bits per heavy atom. The Morgan fingerprint density at radius 3 is 2.86 bits per heavy atom. The number of thiophene rings is 1. The lowest BCUT2D eigenvalue weighted by atomic mass is 10.2. The maximum atomic E-state index is 12.5. The predicted molar refractivity (Wildman–Crippen MR) is 78.3 cm³/mol. The largest absolute Gasteiger partial charge is 0.384 e. The molecule has 110 valence electrons. The molecule has 0 aliphatic rings. The van der Waals surface area contributed by atoms with Crippen LogP contribution in [0.1, 0.15) is 21.1 Å². The topological polar surface area (TPSA) is 111 Å². The third-order valence-corrected chi connectivity index (χ3v) is 4.31. The SMILES string of the molecule is COCCc1nc2sc(C(N)=O)c(C)c2c(=O)n1CC#N. The Bertz CT molecular complexity index is 800. The zero-order chi connectivity index (χ0) is 15.6. The van der Waals surface area contributed by atoms with Gasteiger partial charge in [0.05, 0.1) is 22.9 Å². The summed E-state index contributed by atoms with van der Waals surface area (Å²) in [5.74, 6) is -0.117. The van der Waals surface area contributed by atoms with Gasteiger partial charge >= 0.3 is 0 Å². The number of ether oxygens (including phenoxy) is 1. The summed E-state index contributed by atoms with van der Waals surface area (Å²) in [6.07, 6.45) is 0.409. The molecule has 0 aliphatic heterocycles. The number of hydrogen-bond donors (Lipinski definition) is 1. The summed E-state index contributed by atoms with van der Waals surface area (Å²) in [4.78, 5) is 29.1. The fourth-order valence-corrected chi connectivity index (χ4v) is 3.15. The van der Waals surface area contributed by atoms with Crippen molar-refractivity contribution in [1.82, 2.24) is 9.55 Å². The highest BCUT2D eigenvalue weighted by Gasteiger charge is 2.19. The third kappa shape index (κ3) is 2.66. The molecule has 21 heavy (non-hydrogen) atoms. The number of carbonyl (C=O) groups is 1. The number of fused-ring (bicyclic) bond motifs is 1. The lowest BCUT2D eigenvalue weighted by Gasteiger charge is -2.08. The first-order valence-electron chi connectivity index (χ1n) is 6.19. The van der Waals surface area contributed by atoms with E-state index in [1.165, 1.54) is 4.57 Å². The number of amides is 1. The smallest absolute Gasteiger partial charge is 0.263 e. The van der Waals surface area contributed by atoms with E-state index in [0.717, 1.165) is 11.3 Å². The fourth-order valence-electron chi connectivity index (χ4n) is 2.11. The summed E-state index contributed by atoms with van der Waals surface area (Å²) in [5.41, 5.74) is 5.50. The number of hydrogen-bond acceptors (Lipinski definition) is 6. The van der Waals surface area contributed by atoms with E-state index < -0.39 is 5.91 Å². The van der Waals surface area contributed by atoms with Crippen molar-refractivity contribution in [3.63, 3.8) is 0 Å². The van der Waals surface area contributed by atoms with E-state index in [1.807, 2.05) is 6.07 Å². The molecule has 2 rings (SSSR count). The van der Waals surface area contributed by atoms with Gasteiger partial charge in [-0.3, -0.25) is 14.2 Å². The number of aromatic nitrogens is 2. The molecular formula is C13H14N4O3S. The molecule has 1 amide bonds. The maximum absolute atomic E-state index is 12.5. The van der Waals surface area contributed by atoms with Crippen LogP contribution in [0.15, 0.2) is 4.79 Å². The number of methoxy groups -OCH3 is 1. The van der Waals surface area contributed by atoms with Gasteiger partial charge in [0.1, 0.15) is 17.2 Å². The van der Waals surface area contributed by atoms with Gasteiger partial charge in [0.2, 0.25) is 0 Å². The van der Waals surface area contributed by atoms with Gasteiger partial charge < -0.3 is 10.5 Å². The standard InChI is InChI=1S/C13H14N4O3S/c1-7-9-12(21-10(7)11(15)18)16-8(3-6-20-2)17(5-4-14)13(9)19/h3,5-6H2,1-2H3,(H2,15,18). The average Bonchev–Trinajstić information content (AvgIpc) is 2.77. The predicted octanol–water partition coefficient (Wildman–Crippen LogP) is 0.578. The first kappa shape index (κ1) is 15.2. The van der Waals surface area contributed by atoms with Crippen LogP contribution in [0.4, 0.5) is 0 Å². The maximum Gasteiger partial charge on any atom is 0.263 e. The monoisotopic (exact) mass is 306 g/mol.